The molecule has 4 heteroatoms. The second-order valence-electron chi connectivity index (χ2n) is 7.54. The van der Waals surface area contributed by atoms with E-state index in [1.54, 1.807) is 0 Å². The maximum Gasteiger partial charge on any atom is 0.219 e. The summed E-state index contributed by atoms with van der Waals surface area (Å²) in [6.45, 7) is 0.826. The Labute approximate surface area is 136 Å². The minimum absolute atomic E-state index is 0.0510. The molecule has 2 bridgehead atoms. The summed E-state index contributed by atoms with van der Waals surface area (Å²) in [6.07, 6.45) is 7.04. The first kappa shape index (κ1) is 13.6. The number of piperidine rings is 1. The summed E-state index contributed by atoms with van der Waals surface area (Å²) < 4.78 is 8.70. The molecular formula is C19H23N3O. The van der Waals surface area contributed by atoms with Crippen LogP contribution in [0.3, 0.4) is 0 Å². The van der Waals surface area contributed by atoms with Gasteiger partial charge in [-0.1, -0.05) is 18.2 Å². The molecule has 23 heavy (non-hydrogen) atoms. The quantitative estimate of drug-likeness (QED) is 0.810. The van der Waals surface area contributed by atoms with Gasteiger partial charge in [-0.25, -0.2) is 4.99 Å². The van der Waals surface area contributed by atoms with Crippen molar-refractivity contribution in [2.24, 2.45) is 12.0 Å². The minimum atomic E-state index is -0.0510. The fourth-order valence-electron chi connectivity index (χ4n) is 4.87. The zero-order valence-corrected chi connectivity index (χ0v) is 13.8. The zero-order valence-electron chi connectivity index (χ0n) is 13.8. The summed E-state index contributed by atoms with van der Waals surface area (Å²) in [4.78, 5) is 7.39. The number of hydrogen-bond donors (Lipinski definition) is 0. The third kappa shape index (κ3) is 1.91. The highest BCUT2D eigenvalue weighted by Gasteiger charge is 2.51. The lowest BCUT2D eigenvalue weighted by Crippen LogP contribution is -2.51. The van der Waals surface area contributed by atoms with Crippen molar-refractivity contribution in [2.75, 3.05) is 13.6 Å². The fraction of sp³-hybridized carbons (Fsp3) is 0.526. The number of aliphatic imine (C=N–C) groups is 1. The van der Waals surface area contributed by atoms with Crippen molar-refractivity contribution in [3.8, 4) is 0 Å². The summed E-state index contributed by atoms with van der Waals surface area (Å²) >= 11 is 0. The van der Waals surface area contributed by atoms with Gasteiger partial charge < -0.3 is 14.2 Å². The van der Waals surface area contributed by atoms with Gasteiger partial charge in [0.2, 0.25) is 5.90 Å². The van der Waals surface area contributed by atoms with E-state index in [-0.39, 0.29) is 5.60 Å². The highest BCUT2D eigenvalue weighted by atomic mass is 16.5. The lowest BCUT2D eigenvalue weighted by Gasteiger charge is -2.42. The number of aromatic nitrogens is 1. The molecule has 0 radical (unpaired) electrons. The summed E-state index contributed by atoms with van der Waals surface area (Å²) in [7, 11) is 4.36. The zero-order chi connectivity index (χ0) is 15.6. The van der Waals surface area contributed by atoms with Gasteiger partial charge in [-0.05, 0) is 26.0 Å². The van der Waals surface area contributed by atoms with Crippen molar-refractivity contribution in [1.29, 1.82) is 0 Å². The number of rotatable bonds is 1. The summed E-state index contributed by atoms with van der Waals surface area (Å²) in [5.74, 6) is 0.853. The van der Waals surface area contributed by atoms with Crippen LogP contribution < -0.4 is 0 Å². The molecule has 2 fully saturated rings. The summed E-state index contributed by atoms with van der Waals surface area (Å²) in [5.41, 5.74) is 2.33. The third-order valence-corrected chi connectivity index (χ3v) is 6.15. The molecule has 4 heterocycles. The van der Waals surface area contributed by atoms with Crippen molar-refractivity contribution < 1.29 is 4.74 Å². The molecule has 1 unspecified atom stereocenters. The van der Waals surface area contributed by atoms with Crippen molar-refractivity contribution in [2.45, 2.75) is 43.4 Å². The third-order valence-electron chi connectivity index (χ3n) is 6.15. The van der Waals surface area contributed by atoms with Gasteiger partial charge in [0.05, 0.1) is 12.1 Å². The van der Waals surface area contributed by atoms with Crippen LogP contribution in [0.4, 0.5) is 0 Å². The van der Waals surface area contributed by atoms with E-state index in [0.29, 0.717) is 12.1 Å². The molecule has 1 aromatic carbocycles. The number of ether oxygens (including phenoxy) is 1. The molecular weight excluding hydrogens is 286 g/mol. The van der Waals surface area contributed by atoms with Crippen molar-refractivity contribution in [3.63, 3.8) is 0 Å². The Morgan fingerprint density at radius 1 is 1.13 bits per heavy atom. The van der Waals surface area contributed by atoms with Gasteiger partial charge in [-0.15, -0.1) is 0 Å². The van der Waals surface area contributed by atoms with E-state index in [1.165, 1.54) is 23.7 Å². The molecule has 2 aromatic rings. The van der Waals surface area contributed by atoms with Gasteiger partial charge in [0, 0.05) is 49.1 Å². The minimum Gasteiger partial charge on any atom is -0.469 e. The molecule has 0 amide bonds. The van der Waals surface area contributed by atoms with Gasteiger partial charge in [0.1, 0.15) is 5.60 Å². The van der Waals surface area contributed by atoms with Gasteiger partial charge in [0.25, 0.3) is 0 Å². The Bertz CT molecular complexity index is 792. The van der Waals surface area contributed by atoms with E-state index in [0.717, 1.165) is 30.8 Å². The van der Waals surface area contributed by atoms with Crippen molar-refractivity contribution >= 4 is 16.8 Å². The predicted octanol–water partition coefficient (Wildman–Crippen LogP) is 2.95. The van der Waals surface area contributed by atoms with E-state index in [2.05, 4.69) is 54.0 Å². The van der Waals surface area contributed by atoms with Crippen LogP contribution in [0.15, 0.2) is 35.5 Å². The number of fused-ring (bicyclic) bond motifs is 3. The molecule has 0 saturated carbocycles. The Hall–Kier alpha value is -1.81. The first-order chi connectivity index (χ1) is 11.2. The molecule has 1 spiro atoms. The molecule has 3 atom stereocenters. The van der Waals surface area contributed by atoms with Crippen LogP contribution in [0.1, 0.15) is 31.2 Å². The molecule has 3 aliphatic heterocycles. The topological polar surface area (TPSA) is 29.8 Å². The van der Waals surface area contributed by atoms with Crippen LogP contribution in [0, 0.1) is 0 Å². The van der Waals surface area contributed by atoms with Crippen LogP contribution >= 0.6 is 0 Å². The fourth-order valence-corrected chi connectivity index (χ4v) is 4.87. The SMILES string of the molecule is CN1[C@@H]2CC[C@H]1CC1(CN=C(c3cn(C)c4ccccc34)O1)C2. The maximum absolute atomic E-state index is 6.54. The Morgan fingerprint density at radius 3 is 2.65 bits per heavy atom. The van der Waals surface area contributed by atoms with Crippen molar-refractivity contribution in [1.82, 2.24) is 9.47 Å². The Kier molecular flexibility index (Phi) is 2.72. The molecule has 3 aliphatic rings. The number of nitrogens with zero attached hydrogens (tertiary/aromatic N) is 3. The number of para-hydroxylation sites is 1. The summed E-state index contributed by atoms with van der Waals surface area (Å²) in [5, 5.41) is 1.24. The standard InChI is InChI=1S/C19H23N3O/c1-21-11-16(15-5-3-4-6-17(15)21)18-20-12-19(23-18)9-13-7-8-14(10-19)22(13)2/h3-6,11,13-14H,7-10,12H2,1-2H3/t13-,14+,19?. The van der Waals surface area contributed by atoms with Crippen LogP contribution in [0.5, 0.6) is 0 Å². The predicted molar refractivity (Wildman–Crippen MR) is 91.9 cm³/mol. The highest BCUT2D eigenvalue weighted by molar-refractivity contribution is 6.07. The van der Waals surface area contributed by atoms with Gasteiger partial charge in [-0.2, -0.15) is 0 Å². The second-order valence-corrected chi connectivity index (χ2v) is 7.54. The first-order valence-corrected chi connectivity index (χ1v) is 8.65. The van der Waals surface area contributed by atoms with Crippen LogP contribution in [0.2, 0.25) is 0 Å². The lowest BCUT2D eigenvalue weighted by atomic mass is 9.86. The van der Waals surface area contributed by atoms with Gasteiger partial charge in [0.15, 0.2) is 0 Å². The highest BCUT2D eigenvalue weighted by Crippen LogP contribution is 2.44. The van der Waals surface area contributed by atoms with E-state index >= 15 is 0 Å². The summed E-state index contributed by atoms with van der Waals surface area (Å²) in [6, 6.07) is 9.85. The molecule has 1 aromatic heterocycles. The van der Waals surface area contributed by atoms with Crippen molar-refractivity contribution in [3.05, 3.63) is 36.0 Å². The van der Waals surface area contributed by atoms with E-state index in [1.807, 2.05) is 0 Å². The molecule has 4 nitrogen and oxygen atoms in total. The monoisotopic (exact) mass is 309 g/mol. The van der Waals surface area contributed by atoms with E-state index < -0.39 is 0 Å². The Balaban J connectivity index is 1.48. The van der Waals surface area contributed by atoms with Gasteiger partial charge >= 0.3 is 0 Å². The maximum atomic E-state index is 6.54. The van der Waals surface area contributed by atoms with Crippen LogP contribution in [-0.2, 0) is 11.8 Å². The second kappa shape index (κ2) is 4.60. The normalized spacial score (nSPS) is 33.4. The average molecular weight is 309 g/mol. The first-order valence-electron chi connectivity index (χ1n) is 8.65. The smallest absolute Gasteiger partial charge is 0.219 e. The number of benzene rings is 1. The van der Waals surface area contributed by atoms with Gasteiger partial charge in [-0.3, -0.25) is 0 Å². The largest absolute Gasteiger partial charge is 0.469 e. The lowest BCUT2D eigenvalue weighted by molar-refractivity contribution is -0.0114. The Morgan fingerprint density at radius 2 is 1.87 bits per heavy atom. The molecule has 120 valence electrons. The molecule has 0 N–H and O–H groups in total. The molecule has 2 saturated heterocycles. The van der Waals surface area contributed by atoms with Crippen LogP contribution in [0.25, 0.3) is 10.9 Å². The van der Waals surface area contributed by atoms with E-state index in [4.69, 9.17) is 9.73 Å². The number of aryl methyl sites for hydroxylation is 1. The number of hydrogen-bond acceptors (Lipinski definition) is 3. The van der Waals surface area contributed by atoms with E-state index in [9.17, 15) is 0 Å². The average Bonchev–Trinajstić information content (AvgIpc) is 3.16. The molecule has 0 aliphatic carbocycles. The molecule has 5 rings (SSSR count). The van der Waals surface area contributed by atoms with Crippen LogP contribution in [-0.4, -0.2) is 46.6 Å².